The fourth-order valence-electron chi connectivity index (χ4n) is 10.5. The largest absolute Gasteiger partial charge is 0.208 e. The molecular weight excluding hydrogens is 835 g/mol. The third-order valence-corrected chi connectivity index (χ3v) is 13.7. The van der Waals surface area contributed by atoms with Gasteiger partial charge < -0.3 is 0 Å². The second-order valence-corrected chi connectivity index (χ2v) is 18.3. The van der Waals surface area contributed by atoms with E-state index in [-0.39, 0.29) is 5.41 Å². The average Bonchev–Trinajstić information content (AvgIpc) is 3.66. The predicted molar refractivity (Wildman–Crippen MR) is 286 cm³/mol. The molecule has 0 unspecified atom stereocenters. The van der Waals surface area contributed by atoms with Crippen molar-refractivity contribution in [2.75, 3.05) is 0 Å². The van der Waals surface area contributed by atoms with Crippen LogP contribution in [0.4, 0.5) is 0 Å². The van der Waals surface area contributed by atoms with E-state index in [1.807, 2.05) is 60.7 Å². The van der Waals surface area contributed by atoms with Crippen molar-refractivity contribution in [3.8, 4) is 112 Å². The standard InChI is InChI=1S/C66H47N3/c1-66(2)56-43-53(51-36-21-35-50(41-51)52-37-22-38-54(42-52)65-68-63(48-31-17-7-18-32-48)67-64(69-65)49-33-19-8-20-34-49)39-40-55(56)61-59(46-27-13-5-14-28-46)57(44-23-9-3-10-24-44)58(45-25-11-4-12-26-45)60(62(61)66)47-29-15-6-16-30-47/h3-43H,1-2H3. The van der Waals surface area contributed by atoms with Crippen LogP contribution in [0.15, 0.2) is 249 Å². The maximum absolute atomic E-state index is 5.04. The van der Waals surface area contributed by atoms with Gasteiger partial charge in [-0.15, -0.1) is 0 Å². The highest BCUT2D eigenvalue weighted by Crippen LogP contribution is 2.61. The Morgan fingerprint density at radius 1 is 0.246 bits per heavy atom. The monoisotopic (exact) mass is 881 g/mol. The fourth-order valence-corrected chi connectivity index (χ4v) is 10.5. The summed E-state index contributed by atoms with van der Waals surface area (Å²) in [5.41, 5.74) is 22.1. The molecule has 0 atom stereocenters. The molecule has 1 aromatic heterocycles. The van der Waals surface area contributed by atoms with E-state index in [0.717, 1.165) is 33.4 Å². The molecule has 0 bridgehead atoms. The first-order chi connectivity index (χ1) is 34.0. The number of benzene rings is 10. The van der Waals surface area contributed by atoms with Crippen LogP contribution in [-0.2, 0) is 5.41 Å². The molecule has 0 radical (unpaired) electrons. The van der Waals surface area contributed by atoms with Gasteiger partial charge >= 0.3 is 0 Å². The van der Waals surface area contributed by atoms with Gasteiger partial charge in [0.2, 0.25) is 0 Å². The van der Waals surface area contributed by atoms with Crippen LogP contribution in [0.1, 0.15) is 25.0 Å². The Labute approximate surface area is 404 Å². The first-order valence-corrected chi connectivity index (χ1v) is 23.7. The van der Waals surface area contributed by atoms with E-state index in [0.29, 0.717) is 17.5 Å². The second kappa shape index (κ2) is 17.5. The highest BCUT2D eigenvalue weighted by Gasteiger charge is 2.42. The van der Waals surface area contributed by atoms with Crippen LogP contribution in [0, 0.1) is 0 Å². The number of hydrogen-bond acceptors (Lipinski definition) is 3. The van der Waals surface area contributed by atoms with Gasteiger partial charge in [0.25, 0.3) is 0 Å². The Morgan fingerprint density at radius 2 is 0.551 bits per heavy atom. The van der Waals surface area contributed by atoms with Gasteiger partial charge in [-0.1, -0.05) is 244 Å². The number of aromatic nitrogens is 3. The van der Waals surface area contributed by atoms with Crippen LogP contribution in [0.5, 0.6) is 0 Å². The van der Waals surface area contributed by atoms with Crippen molar-refractivity contribution < 1.29 is 0 Å². The molecule has 69 heavy (non-hydrogen) atoms. The molecule has 326 valence electrons. The first-order valence-electron chi connectivity index (χ1n) is 23.7. The molecule has 1 aliphatic carbocycles. The van der Waals surface area contributed by atoms with Crippen molar-refractivity contribution in [2.45, 2.75) is 19.3 Å². The topological polar surface area (TPSA) is 38.7 Å². The molecule has 11 aromatic rings. The minimum atomic E-state index is -0.359. The lowest BCUT2D eigenvalue weighted by Gasteiger charge is -2.30. The fraction of sp³-hybridized carbons (Fsp3) is 0.0455. The van der Waals surface area contributed by atoms with Crippen LogP contribution in [-0.4, -0.2) is 15.0 Å². The highest BCUT2D eigenvalue weighted by atomic mass is 15.0. The summed E-state index contributed by atoms with van der Waals surface area (Å²) < 4.78 is 0. The SMILES string of the molecule is CC1(C)c2cc(-c3cccc(-c4cccc(-c5nc(-c6ccccc6)nc(-c6ccccc6)n5)c4)c3)ccc2-c2c(-c3ccccc3)c(-c3ccccc3)c(-c3ccccc3)c(-c3ccccc3)c21. The smallest absolute Gasteiger partial charge is 0.164 e. The minimum Gasteiger partial charge on any atom is -0.208 e. The Hall–Kier alpha value is -8.79. The van der Waals surface area contributed by atoms with Crippen LogP contribution >= 0.6 is 0 Å². The quantitative estimate of drug-likeness (QED) is 0.145. The molecule has 3 nitrogen and oxygen atoms in total. The van der Waals surface area contributed by atoms with Gasteiger partial charge in [0.05, 0.1) is 0 Å². The lowest BCUT2D eigenvalue weighted by atomic mass is 9.72. The molecule has 0 N–H and O–H groups in total. The highest BCUT2D eigenvalue weighted by molar-refractivity contribution is 6.12. The number of rotatable bonds is 9. The molecule has 0 spiro atoms. The molecule has 0 saturated carbocycles. The minimum absolute atomic E-state index is 0.359. The lowest BCUT2D eigenvalue weighted by molar-refractivity contribution is 0.662. The molecule has 1 heterocycles. The number of fused-ring (bicyclic) bond motifs is 3. The summed E-state index contributed by atoms with van der Waals surface area (Å²) in [5.74, 6) is 1.93. The van der Waals surface area contributed by atoms with Gasteiger partial charge in [-0.3, -0.25) is 0 Å². The van der Waals surface area contributed by atoms with Crippen molar-refractivity contribution in [3.05, 3.63) is 260 Å². The average molecular weight is 882 g/mol. The molecule has 10 aromatic carbocycles. The summed E-state index contributed by atoms with van der Waals surface area (Å²) in [5, 5.41) is 0. The van der Waals surface area contributed by atoms with Crippen molar-refractivity contribution in [2.24, 2.45) is 0 Å². The molecule has 0 aliphatic heterocycles. The summed E-state index contributed by atoms with van der Waals surface area (Å²) in [4.78, 5) is 15.0. The predicted octanol–water partition coefficient (Wildman–Crippen LogP) is 17.2. The molecule has 12 rings (SSSR count). The Morgan fingerprint density at radius 3 is 0.986 bits per heavy atom. The summed E-state index contributed by atoms with van der Waals surface area (Å²) in [6.07, 6.45) is 0. The van der Waals surface area contributed by atoms with Gasteiger partial charge in [-0.05, 0) is 107 Å². The van der Waals surface area contributed by atoms with Crippen LogP contribution < -0.4 is 0 Å². The third-order valence-electron chi connectivity index (χ3n) is 13.7. The maximum atomic E-state index is 5.04. The molecule has 0 saturated heterocycles. The van der Waals surface area contributed by atoms with Gasteiger partial charge in [0.15, 0.2) is 17.5 Å². The zero-order valence-electron chi connectivity index (χ0n) is 38.5. The van der Waals surface area contributed by atoms with Crippen LogP contribution in [0.2, 0.25) is 0 Å². The van der Waals surface area contributed by atoms with Crippen LogP contribution in [0.3, 0.4) is 0 Å². The number of hydrogen-bond donors (Lipinski definition) is 0. The van der Waals surface area contributed by atoms with Crippen LogP contribution in [0.25, 0.3) is 112 Å². The molecule has 3 heteroatoms. The van der Waals surface area contributed by atoms with E-state index in [2.05, 4.69) is 202 Å². The van der Waals surface area contributed by atoms with Gasteiger partial charge in [0.1, 0.15) is 0 Å². The summed E-state index contributed by atoms with van der Waals surface area (Å²) in [6.45, 7) is 4.85. The normalized spacial score (nSPS) is 12.3. The van der Waals surface area contributed by atoms with E-state index in [9.17, 15) is 0 Å². The summed E-state index contributed by atoms with van der Waals surface area (Å²) >= 11 is 0. The van der Waals surface area contributed by atoms with Gasteiger partial charge in [-0.2, -0.15) is 0 Å². The number of nitrogens with zero attached hydrogens (tertiary/aromatic N) is 3. The molecule has 1 aliphatic rings. The Kier molecular flexibility index (Phi) is 10.5. The van der Waals surface area contributed by atoms with E-state index >= 15 is 0 Å². The van der Waals surface area contributed by atoms with Crippen molar-refractivity contribution in [3.63, 3.8) is 0 Å². The van der Waals surface area contributed by atoms with Crippen molar-refractivity contribution in [1.29, 1.82) is 0 Å². The van der Waals surface area contributed by atoms with E-state index in [1.54, 1.807) is 0 Å². The van der Waals surface area contributed by atoms with Crippen molar-refractivity contribution >= 4 is 0 Å². The third kappa shape index (κ3) is 7.55. The zero-order chi connectivity index (χ0) is 46.3. The van der Waals surface area contributed by atoms with Gasteiger partial charge in [0, 0.05) is 22.1 Å². The second-order valence-electron chi connectivity index (χ2n) is 18.3. The molecule has 0 amide bonds. The lowest BCUT2D eigenvalue weighted by Crippen LogP contribution is -2.17. The van der Waals surface area contributed by atoms with E-state index in [4.69, 9.17) is 15.0 Å². The first kappa shape index (κ1) is 41.6. The van der Waals surface area contributed by atoms with Gasteiger partial charge in [-0.25, -0.2) is 15.0 Å². The molecular formula is C66H47N3. The maximum Gasteiger partial charge on any atom is 0.164 e. The summed E-state index contributed by atoms with van der Waals surface area (Å²) in [6, 6.07) is 89.0. The van der Waals surface area contributed by atoms with E-state index < -0.39 is 0 Å². The Balaban J connectivity index is 1.02. The van der Waals surface area contributed by atoms with E-state index in [1.165, 1.54) is 72.3 Å². The zero-order valence-corrected chi connectivity index (χ0v) is 38.5. The Bertz CT molecular complexity index is 3590. The van der Waals surface area contributed by atoms with Crippen molar-refractivity contribution in [1.82, 2.24) is 15.0 Å². The summed E-state index contributed by atoms with van der Waals surface area (Å²) in [7, 11) is 0. The molecule has 0 fully saturated rings.